The molecule has 40 heavy (non-hydrogen) atoms. The number of pyridine rings is 1. The minimum atomic E-state index is -0.760. The summed E-state index contributed by atoms with van der Waals surface area (Å²) in [7, 11) is 3.41. The minimum Gasteiger partial charge on any atom is -0.497 e. The van der Waals surface area contributed by atoms with Gasteiger partial charge in [0.25, 0.3) is 0 Å². The first kappa shape index (κ1) is 26.9. The van der Waals surface area contributed by atoms with Gasteiger partial charge in [-0.25, -0.2) is 14.6 Å². The van der Waals surface area contributed by atoms with Crippen LogP contribution in [0, 0.1) is 12.8 Å². The number of carboxylic acid groups (broad SMARTS) is 1. The van der Waals surface area contributed by atoms with Crippen LogP contribution in [0.25, 0.3) is 11.4 Å². The molecular weight excluding hydrogens is 514 g/mol. The van der Waals surface area contributed by atoms with Crippen LogP contribution in [0.1, 0.15) is 37.1 Å². The summed E-state index contributed by atoms with van der Waals surface area (Å²) in [6.45, 7) is 2.21. The zero-order chi connectivity index (χ0) is 28.1. The van der Waals surface area contributed by atoms with Gasteiger partial charge in [-0.3, -0.25) is 4.79 Å². The number of hydrogen-bond acceptors (Lipinski definition) is 10. The maximum absolute atomic E-state index is 11.4. The van der Waals surface area contributed by atoms with E-state index in [0.717, 1.165) is 18.5 Å². The van der Waals surface area contributed by atoms with Gasteiger partial charge in [-0.05, 0) is 56.9 Å². The first-order valence-corrected chi connectivity index (χ1v) is 13.0. The van der Waals surface area contributed by atoms with Crippen molar-refractivity contribution in [2.75, 3.05) is 12.4 Å². The Morgan fingerprint density at radius 2 is 2.00 bits per heavy atom. The summed E-state index contributed by atoms with van der Waals surface area (Å²) in [6.07, 6.45) is 4.34. The molecule has 0 aliphatic heterocycles. The van der Waals surface area contributed by atoms with Crippen molar-refractivity contribution < 1.29 is 24.1 Å². The van der Waals surface area contributed by atoms with E-state index in [1.165, 1.54) is 0 Å². The number of methoxy groups -OCH3 is 1. The monoisotopic (exact) mass is 545 g/mol. The van der Waals surface area contributed by atoms with Crippen LogP contribution >= 0.6 is 0 Å². The quantitative estimate of drug-likeness (QED) is 0.292. The van der Waals surface area contributed by atoms with Crippen molar-refractivity contribution in [2.45, 2.75) is 45.3 Å². The SMILES string of the molecule is COc1cccc(Oc2ccnc(NCc3c(-c4ccc(O[C@H]5CCC[C@H](C(=O)O)C5)c(C)n4)nnn3C)n2)c1. The number of aliphatic carboxylic acids is 1. The fourth-order valence-corrected chi connectivity index (χ4v) is 4.67. The highest BCUT2D eigenvalue weighted by molar-refractivity contribution is 5.70. The van der Waals surface area contributed by atoms with Gasteiger partial charge in [-0.1, -0.05) is 11.3 Å². The summed E-state index contributed by atoms with van der Waals surface area (Å²) in [5.74, 6) is 1.57. The fraction of sp³-hybridized carbons (Fsp3) is 0.357. The van der Waals surface area contributed by atoms with Gasteiger partial charge >= 0.3 is 5.97 Å². The zero-order valence-electron chi connectivity index (χ0n) is 22.6. The third kappa shape index (κ3) is 6.28. The number of hydrogen-bond donors (Lipinski definition) is 2. The van der Waals surface area contributed by atoms with Gasteiger partial charge in [0.1, 0.15) is 22.9 Å². The van der Waals surface area contributed by atoms with Crippen molar-refractivity contribution in [1.82, 2.24) is 29.9 Å². The van der Waals surface area contributed by atoms with Crippen LogP contribution in [0.15, 0.2) is 48.7 Å². The Morgan fingerprint density at radius 1 is 1.15 bits per heavy atom. The Bertz CT molecular complexity index is 1490. The maximum Gasteiger partial charge on any atom is 0.306 e. The third-order valence-corrected chi connectivity index (χ3v) is 6.80. The molecular formula is C28H31N7O5. The number of anilines is 1. The topological polar surface area (TPSA) is 146 Å². The molecule has 1 fully saturated rings. The molecule has 208 valence electrons. The van der Waals surface area contributed by atoms with Crippen LogP contribution in [-0.4, -0.2) is 54.2 Å². The Hall–Kier alpha value is -4.74. The van der Waals surface area contributed by atoms with Crippen molar-refractivity contribution >= 4 is 11.9 Å². The van der Waals surface area contributed by atoms with Gasteiger partial charge in [-0.2, -0.15) is 4.98 Å². The van der Waals surface area contributed by atoms with Crippen LogP contribution in [0.2, 0.25) is 0 Å². The van der Waals surface area contributed by atoms with Gasteiger partial charge in [0.05, 0.1) is 42.8 Å². The number of aryl methyl sites for hydroxylation is 2. The molecule has 1 aliphatic rings. The molecule has 5 rings (SSSR count). The van der Waals surface area contributed by atoms with Crippen LogP contribution in [-0.2, 0) is 18.4 Å². The standard InChI is InChI=1S/C28H31N7O5/c1-17-24(39-20-8-4-6-18(14-20)27(36)37)11-10-22(31-17)26-23(35(2)34-33-26)16-30-28-29-13-12-25(32-28)40-21-9-5-7-19(15-21)38-3/h5,7,9-13,15,18,20H,4,6,8,14,16H2,1-3H3,(H,36,37)(H,29,30,32)/t18-,20-/m0/s1. The van der Waals surface area contributed by atoms with Crippen LogP contribution in [0.4, 0.5) is 5.95 Å². The number of carbonyl (C=O) groups is 1. The number of nitrogens with zero attached hydrogens (tertiary/aromatic N) is 6. The first-order valence-electron chi connectivity index (χ1n) is 13.0. The molecule has 0 unspecified atom stereocenters. The lowest BCUT2D eigenvalue weighted by Gasteiger charge is -2.27. The highest BCUT2D eigenvalue weighted by Gasteiger charge is 2.28. The van der Waals surface area contributed by atoms with Gasteiger partial charge in [-0.15, -0.1) is 5.10 Å². The molecule has 12 heteroatoms. The second-order valence-electron chi connectivity index (χ2n) is 9.58. The van der Waals surface area contributed by atoms with Gasteiger partial charge in [0.15, 0.2) is 0 Å². The van der Waals surface area contributed by atoms with E-state index in [0.29, 0.717) is 65.5 Å². The van der Waals surface area contributed by atoms with E-state index in [1.54, 1.807) is 30.1 Å². The summed E-state index contributed by atoms with van der Waals surface area (Å²) >= 11 is 0. The molecule has 0 amide bonds. The molecule has 0 saturated heterocycles. The molecule has 2 N–H and O–H groups in total. The Balaban J connectivity index is 1.26. The van der Waals surface area contributed by atoms with Crippen molar-refractivity contribution in [1.29, 1.82) is 0 Å². The Morgan fingerprint density at radius 3 is 2.80 bits per heavy atom. The fourth-order valence-electron chi connectivity index (χ4n) is 4.67. The number of rotatable bonds is 10. The van der Waals surface area contributed by atoms with Gasteiger partial charge in [0, 0.05) is 25.4 Å². The van der Waals surface area contributed by atoms with E-state index in [4.69, 9.17) is 19.2 Å². The summed E-state index contributed by atoms with van der Waals surface area (Å²) < 4.78 is 18.9. The molecule has 1 saturated carbocycles. The second-order valence-corrected chi connectivity index (χ2v) is 9.58. The molecule has 0 bridgehead atoms. The number of carboxylic acids is 1. The van der Waals surface area contributed by atoms with E-state index in [1.807, 2.05) is 44.3 Å². The van der Waals surface area contributed by atoms with Crippen molar-refractivity contribution in [3.8, 4) is 34.5 Å². The molecule has 2 atom stereocenters. The van der Waals surface area contributed by atoms with E-state index in [2.05, 4.69) is 25.6 Å². The molecule has 3 heterocycles. The Labute approximate surface area is 231 Å². The van der Waals surface area contributed by atoms with Crippen LogP contribution in [0.5, 0.6) is 23.1 Å². The average Bonchev–Trinajstić information content (AvgIpc) is 3.33. The molecule has 3 aromatic heterocycles. The molecule has 0 radical (unpaired) electrons. The number of nitrogens with one attached hydrogen (secondary N) is 1. The average molecular weight is 546 g/mol. The van der Waals surface area contributed by atoms with E-state index in [9.17, 15) is 9.90 Å². The lowest BCUT2D eigenvalue weighted by atomic mass is 9.87. The zero-order valence-corrected chi connectivity index (χ0v) is 22.6. The first-order chi connectivity index (χ1) is 19.4. The van der Waals surface area contributed by atoms with Crippen molar-refractivity contribution in [3.63, 3.8) is 0 Å². The molecule has 4 aromatic rings. The number of ether oxygens (including phenoxy) is 3. The molecule has 1 aromatic carbocycles. The second kappa shape index (κ2) is 12.0. The molecule has 1 aliphatic carbocycles. The van der Waals surface area contributed by atoms with Crippen molar-refractivity contribution in [2.24, 2.45) is 13.0 Å². The predicted octanol–water partition coefficient (Wildman–Crippen LogP) is 4.41. The van der Waals surface area contributed by atoms with Crippen molar-refractivity contribution in [3.05, 3.63) is 60.0 Å². The van der Waals surface area contributed by atoms with E-state index >= 15 is 0 Å². The number of aromatic nitrogens is 6. The largest absolute Gasteiger partial charge is 0.497 e. The highest BCUT2D eigenvalue weighted by Crippen LogP contribution is 2.31. The van der Waals surface area contributed by atoms with E-state index in [-0.39, 0.29) is 12.0 Å². The highest BCUT2D eigenvalue weighted by atomic mass is 16.5. The lowest BCUT2D eigenvalue weighted by molar-refractivity contribution is -0.143. The molecule has 12 nitrogen and oxygen atoms in total. The maximum atomic E-state index is 11.4. The van der Waals surface area contributed by atoms with Gasteiger partial charge in [0.2, 0.25) is 11.8 Å². The third-order valence-electron chi connectivity index (χ3n) is 6.80. The molecule has 0 spiro atoms. The van der Waals surface area contributed by atoms with Gasteiger partial charge < -0.3 is 24.6 Å². The van der Waals surface area contributed by atoms with Crippen LogP contribution < -0.4 is 19.5 Å². The van der Waals surface area contributed by atoms with Crippen LogP contribution in [0.3, 0.4) is 0 Å². The minimum absolute atomic E-state index is 0.138. The summed E-state index contributed by atoms with van der Waals surface area (Å²) in [5.41, 5.74) is 2.76. The summed E-state index contributed by atoms with van der Waals surface area (Å²) in [4.78, 5) is 24.9. The normalized spacial score (nSPS) is 16.8. The number of benzene rings is 1. The smallest absolute Gasteiger partial charge is 0.306 e. The predicted molar refractivity (Wildman–Crippen MR) is 145 cm³/mol. The lowest BCUT2D eigenvalue weighted by Crippen LogP contribution is -2.29. The van der Waals surface area contributed by atoms with E-state index < -0.39 is 5.97 Å². The summed E-state index contributed by atoms with van der Waals surface area (Å²) in [6, 6.07) is 12.6. The summed E-state index contributed by atoms with van der Waals surface area (Å²) in [5, 5.41) is 21.1. The Kier molecular flexibility index (Phi) is 8.04.